The van der Waals surface area contributed by atoms with Gasteiger partial charge in [-0.15, -0.1) is 0 Å². The van der Waals surface area contributed by atoms with Crippen LogP contribution in [0.3, 0.4) is 0 Å². The van der Waals surface area contributed by atoms with Crippen LogP contribution in [-0.4, -0.2) is 50.3 Å². The van der Waals surface area contributed by atoms with Crippen LogP contribution >= 0.6 is 0 Å². The monoisotopic (exact) mass is 457 g/mol. The van der Waals surface area contributed by atoms with Crippen LogP contribution in [0.4, 0.5) is 11.4 Å². The molecule has 176 valence electrons. The van der Waals surface area contributed by atoms with Crippen molar-refractivity contribution in [1.29, 1.82) is 5.26 Å². The van der Waals surface area contributed by atoms with E-state index >= 15 is 0 Å². The minimum absolute atomic E-state index is 0.0131. The van der Waals surface area contributed by atoms with Crippen molar-refractivity contribution in [3.63, 3.8) is 0 Å². The Kier molecular flexibility index (Phi) is 7.29. The van der Waals surface area contributed by atoms with E-state index in [0.29, 0.717) is 12.4 Å². The van der Waals surface area contributed by atoms with E-state index < -0.39 is 0 Å². The third-order valence-corrected chi connectivity index (χ3v) is 6.62. The highest BCUT2D eigenvalue weighted by Crippen LogP contribution is 2.40. The number of nitrogens with zero attached hydrogens (tertiary/aromatic N) is 4. The Morgan fingerprint density at radius 3 is 2.29 bits per heavy atom. The van der Waals surface area contributed by atoms with E-state index in [9.17, 15) is 14.9 Å². The van der Waals surface area contributed by atoms with Gasteiger partial charge in [-0.2, -0.15) is 5.26 Å². The van der Waals surface area contributed by atoms with Crippen LogP contribution in [-0.2, 0) is 22.6 Å². The van der Waals surface area contributed by atoms with Gasteiger partial charge in [0.1, 0.15) is 17.5 Å². The van der Waals surface area contributed by atoms with Crippen LogP contribution in [0, 0.1) is 11.3 Å². The van der Waals surface area contributed by atoms with Crippen LogP contribution < -0.4 is 15.1 Å². The van der Waals surface area contributed by atoms with Crippen LogP contribution in [0.25, 0.3) is 0 Å². The molecule has 2 aromatic rings. The summed E-state index contributed by atoms with van der Waals surface area (Å²) in [6, 6.07) is 18.4. The maximum absolute atomic E-state index is 12.8. The number of fused-ring (bicyclic) bond motifs is 2. The molecule has 34 heavy (non-hydrogen) atoms. The molecule has 2 aliphatic rings. The van der Waals surface area contributed by atoms with Gasteiger partial charge in [0.25, 0.3) is 0 Å². The summed E-state index contributed by atoms with van der Waals surface area (Å²) < 4.78 is 0. The number of hydrogen-bond donors (Lipinski definition) is 1. The molecule has 0 saturated carbocycles. The van der Waals surface area contributed by atoms with Crippen molar-refractivity contribution in [3.8, 4) is 6.07 Å². The summed E-state index contributed by atoms with van der Waals surface area (Å²) in [5.41, 5.74) is 4.79. The second-order valence-electron chi connectivity index (χ2n) is 8.84. The van der Waals surface area contributed by atoms with Crippen LogP contribution in [0.1, 0.15) is 30.4 Å². The number of nitriles is 1. The number of Topliss-reactive ketones (excluding diaryl/α,β-unsaturated/α-hetero) is 1. The fourth-order valence-electron chi connectivity index (χ4n) is 4.77. The number of allylic oxidation sites excluding steroid dienone is 1. The molecule has 2 aromatic carbocycles. The molecule has 7 heteroatoms. The van der Waals surface area contributed by atoms with E-state index in [1.165, 1.54) is 11.1 Å². The smallest absolute Gasteiger partial charge is 0.220 e. The molecule has 4 rings (SSSR count). The zero-order valence-corrected chi connectivity index (χ0v) is 19.9. The number of rotatable bonds is 8. The van der Waals surface area contributed by atoms with Crippen molar-refractivity contribution in [2.75, 3.05) is 43.5 Å². The fourth-order valence-corrected chi connectivity index (χ4v) is 4.77. The summed E-state index contributed by atoms with van der Waals surface area (Å²) in [5.74, 6) is 0.0828. The van der Waals surface area contributed by atoms with Gasteiger partial charge in [0.2, 0.25) is 5.91 Å². The quantitative estimate of drug-likeness (QED) is 0.373. The van der Waals surface area contributed by atoms with Gasteiger partial charge in [-0.3, -0.25) is 14.5 Å². The van der Waals surface area contributed by atoms with E-state index in [4.69, 9.17) is 0 Å². The second kappa shape index (κ2) is 10.5. The summed E-state index contributed by atoms with van der Waals surface area (Å²) in [4.78, 5) is 31.2. The highest BCUT2D eigenvalue weighted by molar-refractivity contribution is 6.03. The molecule has 0 spiro atoms. The number of carbonyl (C=O) groups is 2. The van der Waals surface area contributed by atoms with Crippen LogP contribution in [0.2, 0.25) is 0 Å². The normalized spacial score (nSPS) is 14.9. The van der Waals surface area contributed by atoms with Crippen molar-refractivity contribution in [2.45, 2.75) is 32.2 Å². The maximum Gasteiger partial charge on any atom is 0.220 e. The molecule has 0 saturated heterocycles. The predicted octanol–water partition coefficient (Wildman–Crippen LogP) is 3.22. The van der Waals surface area contributed by atoms with Gasteiger partial charge >= 0.3 is 0 Å². The average molecular weight is 458 g/mol. The average Bonchev–Trinajstić information content (AvgIpc) is 3.11. The number of anilines is 2. The standard InChI is InChI=1S/C27H31N5O2/c1-30-23-10-5-6-11-24(23)31(2)27(30)22(18-28)25(33)12-13-26(34)29-15-7-16-32-17-14-20-8-3-4-9-21(20)19-32/h3-6,8-11H,7,12-17,19H2,1-2H3,(H,29,34). The van der Waals surface area contributed by atoms with Gasteiger partial charge in [0.15, 0.2) is 5.78 Å². The molecule has 0 aromatic heterocycles. The Morgan fingerprint density at radius 1 is 0.971 bits per heavy atom. The number of para-hydroxylation sites is 2. The lowest BCUT2D eigenvalue weighted by atomic mass is 10.00. The Morgan fingerprint density at radius 2 is 1.62 bits per heavy atom. The first-order valence-corrected chi connectivity index (χ1v) is 11.8. The second-order valence-corrected chi connectivity index (χ2v) is 8.84. The summed E-state index contributed by atoms with van der Waals surface area (Å²) >= 11 is 0. The molecule has 0 unspecified atom stereocenters. The zero-order chi connectivity index (χ0) is 24.1. The first-order chi connectivity index (χ1) is 16.5. The topological polar surface area (TPSA) is 79.7 Å². The van der Waals surface area contributed by atoms with Crippen molar-refractivity contribution in [2.24, 2.45) is 0 Å². The minimum atomic E-state index is -0.314. The predicted molar refractivity (Wildman–Crippen MR) is 133 cm³/mol. The first-order valence-electron chi connectivity index (χ1n) is 11.8. The molecule has 0 aliphatic carbocycles. The SMILES string of the molecule is CN1C(=C(C#N)C(=O)CCC(=O)NCCCN2CCc3ccccc3C2)N(C)c2ccccc21. The van der Waals surface area contributed by atoms with E-state index in [-0.39, 0.29) is 30.1 Å². The summed E-state index contributed by atoms with van der Waals surface area (Å²) in [5, 5.41) is 12.6. The Bertz CT molecular complexity index is 1120. The lowest BCUT2D eigenvalue weighted by Gasteiger charge is -2.28. The number of benzene rings is 2. The van der Waals surface area contributed by atoms with Gasteiger partial charge in [0, 0.05) is 53.1 Å². The molecule has 0 fully saturated rings. The minimum Gasteiger partial charge on any atom is -0.356 e. The molecule has 7 nitrogen and oxygen atoms in total. The third-order valence-electron chi connectivity index (χ3n) is 6.62. The van der Waals surface area contributed by atoms with Crippen LogP contribution in [0.5, 0.6) is 0 Å². The molecule has 2 heterocycles. The Hall–Kier alpha value is -3.63. The van der Waals surface area contributed by atoms with Crippen LogP contribution in [0.15, 0.2) is 59.9 Å². The van der Waals surface area contributed by atoms with Gasteiger partial charge in [-0.25, -0.2) is 0 Å². The highest BCUT2D eigenvalue weighted by Gasteiger charge is 2.31. The number of amides is 1. The molecule has 2 aliphatic heterocycles. The summed E-state index contributed by atoms with van der Waals surface area (Å²) in [7, 11) is 3.69. The van der Waals surface area contributed by atoms with E-state index in [1.54, 1.807) is 0 Å². The molecular weight excluding hydrogens is 426 g/mol. The molecule has 1 amide bonds. The van der Waals surface area contributed by atoms with Gasteiger partial charge in [-0.1, -0.05) is 36.4 Å². The number of nitrogens with one attached hydrogen (secondary N) is 1. The molecular formula is C27H31N5O2. The van der Waals surface area contributed by atoms with E-state index in [0.717, 1.165) is 43.9 Å². The van der Waals surface area contributed by atoms with Gasteiger partial charge in [0.05, 0.1) is 11.4 Å². The van der Waals surface area contributed by atoms with Crippen molar-refractivity contribution < 1.29 is 9.59 Å². The van der Waals surface area contributed by atoms with Gasteiger partial charge < -0.3 is 15.1 Å². The molecule has 0 atom stereocenters. The number of ketones is 1. The van der Waals surface area contributed by atoms with E-state index in [2.05, 4.69) is 40.6 Å². The Balaban J connectivity index is 1.23. The van der Waals surface area contributed by atoms with Gasteiger partial charge in [-0.05, 0) is 36.1 Å². The lowest BCUT2D eigenvalue weighted by molar-refractivity contribution is -0.124. The van der Waals surface area contributed by atoms with Crippen molar-refractivity contribution >= 4 is 23.1 Å². The maximum atomic E-state index is 12.8. The number of hydrogen-bond acceptors (Lipinski definition) is 6. The molecule has 1 N–H and O–H groups in total. The van der Waals surface area contributed by atoms with E-state index in [1.807, 2.05) is 48.2 Å². The summed E-state index contributed by atoms with van der Waals surface area (Å²) in [6.07, 6.45) is 2.02. The zero-order valence-electron chi connectivity index (χ0n) is 19.9. The van der Waals surface area contributed by atoms with Crippen molar-refractivity contribution in [1.82, 2.24) is 10.2 Å². The largest absolute Gasteiger partial charge is 0.356 e. The van der Waals surface area contributed by atoms with Crippen molar-refractivity contribution in [3.05, 3.63) is 71.1 Å². The molecule has 0 radical (unpaired) electrons. The highest BCUT2D eigenvalue weighted by atomic mass is 16.2. The third kappa shape index (κ3) is 4.97. The molecule has 0 bridgehead atoms. The summed E-state index contributed by atoms with van der Waals surface area (Å²) in [6.45, 7) is 3.50. The fraction of sp³-hybridized carbons (Fsp3) is 0.370. The lowest BCUT2D eigenvalue weighted by Crippen LogP contribution is -2.33. The first kappa shape index (κ1) is 23.5. The Labute approximate surface area is 201 Å². The number of carbonyl (C=O) groups excluding carboxylic acids is 2.